The van der Waals surface area contributed by atoms with Crippen LogP contribution in [-0.2, 0) is 0 Å². The highest BCUT2D eigenvalue weighted by atomic mass is 32.1. The van der Waals surface area contributed by atoms with E-state index in [1.165, 1.54) is 32.1 Å². The maximum atomic E-state index is 8.86. The zero-order chi connectivity index (χ0) is 22.1. The second-order valence-electron chi connectivity index (χ2n) is 7.50. The van der Waals surface area contributed by atoms with E-state index < -0.39 is 0 Å². The first-order valence-electron chi connectivity index (χ1n) is 11.0. The Morgan fingerprint density at radius 2 is 2.00 bits per heavy atom. The van der Waals surface area contributed by atoms with E-state index >= 15 is 0 Å². The van der Waals surface area contributed by atoms with Crippen molar-refractivity contribution in [3.63, 3.8) is 0 Å². The van der Waals surface area contributed by atoms with Crippen LogP contribution in [0.5, 0.6) is 5.75 Å². The van der Waals surface area contributed by atoms with Crippen molar-refractivity contribution >= 4 is 22.2 Å². The Kier molecular flexibility index (Phi) is 8.43. The first-order valence-corrected chi connectivity index (χ1v) is 11.9. The lowest BCUT2D eigenvalue weighted by atomic mass is 9.90. The number of nitrogens with zero attached hydrogens (tertiary/aromatic N) is 3. The van der Waals surface area contributed by atoms with Gasteiger partial charge in [-0.15, -0.1) is 11.3 Å². The number of pyridine rings is 1. The number of nitrogens with one attached hydrogen (secondary N) is 1. The number of benzene rings is 1. The molecule has 1 aromatic carbocycles. The standard InChI is InChI=1S/C23H24N4OS.C2H6.H2/c1-16-11-19(9-10-22(16)28-14-17-5-3-2-4-6-17)26-23-27-21(15-29-23)18-7-8-20(12-24)25-13-18;1-2;/h7-11,13,15,17H,2-6,14H2,1H3,(H,26,27);1-2H3;1H. The SMILES string of the molecule is CC.Cc1cc(Nc2nc(-c3ccc(C#N)nc3)cs2)ccc1OCC1CCCCC1.[HH]. The van der Waals surface area contributed by atoms with E-state index in [1.807, 2.05) is 43.5 Å². The van der Waals surface area contributed by atoms with Crippen LogP contribution in [0.4, 0.5) is 10.8 Å². The van der Waals surface area contributed by atoms with Crippen LogP contribution >= 0.6 is 11.3 Å². The topological polar surface area (TPSA) is 70.8 Å². The van der Waals surface area contributed by atoms with Gasteiger partial charge in [-0.2, -0.15) is 5.26 Å². The van der Waals surface area contributed by atoms with Crippen LogP contribution in [0.1, 0.15) is 58.6 Å². The summed E-state index contributed by atoms with van der Waals surface area (Å²) in [7, 11) is 0. The maximum Gasteiger partial charge on any atom is 0.187 e. The molecule has 3 aromatic rings. The molecule has 0 spiro atoms. The van der Waals surface area contributed by atoms with Gasteiger partial charge in [-0.25, -0.2) is 9.97 Å². The van der Waals surface area contributed by atoms with Gasteiger partial charge in [0, 0.05) is 24.3 Å². The zero-order valence-corrected chi connectivity index (χ0v) is 19.3. The number of nitriles is 1. The molecule has 164 valence electrons. The molecule has 2 aromatic heterocycles. The molecule has 1 fully saturated rings. The maximum absolute atomic E-state index is 8.86. The minimum absolute atomic E-state index is 0. The summed E-state index contributed by atoms with van der Waals surface area (Å²) in [6.07, 6.45) is 8.31. The first kappa shape index (κ1) is 22.8. The highest BCUT2D eigenvalue weighted by Crippen LogP contribution is 2.30. The average Bonchev–Trinajstić information content (AvgIpc) is 3.29. The number of hydrogen-bond donors (Lipinski definition) is 1. The monoisotopic (exact) mass is 436 g/mol. The molecule has 0 saturated heterocycles. The molecular weight excluding hydrogens is 404 g/mol. The van der Waals surface area contributed by atoms with Crippen LogP contribution in [-0.4, -0.2) is 16.6 Å². The molecule has 31 heavy (non-hydrogen) atoms. The molecule has 0 atom stereocenters. The summed E-state index contributed by atoms with van der Waals surface area (Å²) in [5, 5.41) is 15.0. The number of hydrogen-bond acceptors (Lipinski definition) is 6. The molecule has 4 rings (SSSR count). The second-order valence-corrected chi connectivity index (χ2v) is 8.36. The van der Waals surface area contributed by atoms with Crippen molar-refractivity contribution in [1.29, 1.82) is 5.26 Å². The van der Waals surface area contributed by atoms with Crippen LogP contribution in [0.25, 0.3) is 11.3 Å². The van der Waals surface area contributed by atoms with Crippen molar-refractivity contribution in [2.24, 2.45) is 5.92 Å². The lowest BCUT2D eigenvalue weighted by Crippen LogP contribution is -2.15. The number of anilines is 2. The Labute approximate surface area is 190 Å². The number of aromatic nitrogens is 2. The van der Waals surface area contributed by atoms with E-state index in [0.29, 0.717) is 11.6 Å². The molecule has 1 aliphatic rings. The molecule has 0 amide bonds. The fourth-order valence-corrected chi connectivity index (χ4v) is 4.39. The number of aryl methyl sites for hydroxylation is 1. The minimum atomic E-state index is 0. The van der Waals surface area contributed by atoms with Crippen LogP contribution in [0, 0.1) is 24.2 Å². The molecule has 1 N–H and O–H groups in total. The van der Waals surface area contributed by atoms with Crippen LogP contribution in [0.2, 0.25) is 0 Å². The van der Waals surface area contributed by atoms with E-state index in [2.05, 4.69) is 28.3 Å². The molecular formula is C25H32N4OS. The Bertz CT molecular complexity index is 1010. The summed E-state index contributed by atoms with van der Waals surface area (Å²) in [6.45, 7) is 6.90. The number of ether oxygens (including phenoxy) is 1. The molecule has 0 bridgehead atoms. The highest BCUT2D eigenvalue weighted by Gasteiger charge is 2.14. The summed E-state index contributed by atoms with van der Waals surface area (Å²) in [6, 6.07) is 11.8. The largest absolute Gasteiger partial charge is 0.493 e. The van der Waals surface area contributed by atoms with Gasteiger partial charge < -0.3 is 10.1 Å². The molecule has 6 heteroatoms. The summed E-state index contributed by atoms with van der Waals surface area (Å²) < 4.78 is 6.09. The van der Waals surface area contributed by atoms with Gasteiger partial charge in [0.25, 0.3) is 0 Å². The normalized spacial score (nSPS) is 13.6. The van der Waals surface area contributed by atoms with Crippen molar-refractivity contribution in [2.75, 3.05) is 11.9 Å². The van der Waals surface area contributed by atoms with Crippen molar-refractivity contribution < 1.29 is 6.16 Å². The van der Waals surface area contributed by atoms with Gasteiger partial charge in [0.2, 0.25) is 0 Å². The predicted octanol–water partition coefficient (Wildman–Crippen LogP) is 7.36. The van der Waals surface area contributed by atoms with Gasteiger partial charge in [-0.3, -0.25) is 0 Å². The Morgan fingerprint density at radius 3 is 2.68 bits per heavy atom. The lowest BCUT2D eigenvalue weighted by molar-refractivity contribution is 0.208. The third-order valence-electron chi connectivity index (χ3n) is 5.30. The highest BCUT2D eigenvalue weighted by molar-refractivity contribution is 7.14. The summed E-state index contributed by atoms with van der Waals surface area (Å²) in [5.74, 6) is 1.66. The van der Waals surface area contributed by atoms with Crippen LogP contribution in [0.3, 0.4) is 0 Å². The fourth-order valence-electron chi connectivity index (χ4n) is 3.65. The summed E-state index contributed by atoms with van der Waals surface area (Å²) >= 11 is 1.54. The van der Waals surface area contributed by atoms with E-state index in [1.54, 1.807) is 23.6 Å². The molecule has 0 radical (unpaired) electrons. The average molecular weight is 437 g/mol. The van der Waals surface area contributed by atoms with Crippen molar-refractivity contribution in [3.8, 4) is 23.1 Å². The van der Waals surface area contributed by atoms with Gasteiger partial charge in [0.05, 0.1) is 12.3 Å². The molecule has 1 saturated carbocycles. The first-order chi connectivity index (χ1) is 15.2. The van der Waals surface area contributed by atoms with Gasteiger partial charge in [0.15, 0.2) is 5.13 Å². The third-order valence-corrected chi connectivity index (χ3v) is 6.06. The smallest absolute Gasteiger partial charge is 0.187 e. The van der Waals surface area contributed by atoms with Gasteiger partial charge in [-0.05, 0) is 61.6 Å². The Morgan fingerprint density at radius 1 is 1.19 bits per heavy atom. The van der Waals surface area contributed by atoms with Gasteiger partial charge in [-0.1, -0.05) is 33.1 Å². The van der Waals surface area contributed by atoms with Crippen LogP contribution < -0.4 is 10.1 Å². The zero-order valence-electron chi connectivity index (χ0n) is 18.5. The summed E-state index contributed by atoms with van der Waals surface area (Å²) in [4.78, 5) is 8.74. The van der Waals surface area contributed by atoms with E-state index in [0.717, 1.165) is 40.0 Å². The number of rotatable bonds is 6. The molecule has 1 aliphatic carbocycles. The predicted molar refractivity (Wildman–Crippen MR) is 130 cm³/mol. The molecule has 5 nitrogen and oxygen atoms in total. The summed E-state index contributed by atoms with van der Waals surface area (Å²) in [5.41, 5.74) is 4.27. The van der Waals surface area contributed by atoms with Crippen molar-refractivity contribution in [1.82, 2.24) is 9.97 Å². The number of thiazole rings is 1. The lowest BCUT2D eigenvalue weighted by Gasteiger charge is -2.22. The Balaban J connectivity index is 0.00000118. The van der Waals surface area contributed by atoms with Gasteiger partial charge in [0.1, 0.15) is 17.5 Å². The quantitative estimate of drug-likeness (QED) is 0.437. The van der Waals surface area contributed by atoms with Gasteiger partial charge >= 0.3 is 0 Å². The molecule has 0 unspecified atom stereocenters. The second kappa shape index (κ2) is 11.5. The van der Waals surface area contributed by atoms with E-state index in [-0.39, 0.29) is 1.43 Å². The third kappa shape index (κ3) is 6.28. The Hall–Kier alpha value is -2.91. The van der Waals surface area contributed by atoms with Crippen molar-refractivity contribution in [3.05, 3.63) is 53.2 Å². The minimum Gasteiger partial charge on any atom is -0.493 e. The van der Waals surface area contributed by atoms with Crippen LogP contribution in [0.15, 0.2) is 41.9 Å². The van der Waals surface area contributed by atoms with Crippen molar-refractivity contribution in [2.45, 2.75) is 52.9 Å². The van der Waals surface area contributed by atoms with E-state index in [9.17, 15) is 0 Å². The van der Waals surface area contributed by atoms with E-state index in [4.69, 9.17) is 10.00 Å². The molecule has 2 heterocycles. The fraction of sp³-hybridized carbons (Fsp3) is 0.400. The molecule has 0 aliphatic heterocycles.